The number of hydrogen-bond acceptors (Lipinski definition) is 4. The molecule has 2 aromatic carbocycles. The highest BCUT2D eigenvalue weighted by Gasteiger charge is 2.38. The summed E-state index contributed by atoms with van der Waals surface area (Å²) in [6, 6.07) is 13.8. The first-order valence-corrected chi connectivity index (χ1v) is 11.3. The van der Waals surface area contributed by atoms with Crippen LogP contribution in [-0.4, -0.2) is 37.9 Å². The number of benzene rings is 2. The van der Waals surface area contributed by atoms with Crippen molar-refractivity contribution in [2.45, 2.75) is 49.5 Å². The number of sulfonamides is 1. The fraction of sp³-hybridized carbons (Fsp3) is 0.409. The van der Waals surface area contributed by atoms with Crippen molar-refractivity contribution in [1.82, 2.24) is 4.31 Å². The highest BCUT2D eigenvalue weighted by Crippen LogP contribution is 2.27. The number of ether oxygens (including phenoxy) is 1. The normalized spacial score (nSPS) is 18.9. The molecule has 1 aliphatic rings. The number of esters is 1. The first kappa shape index (κ1) is 21.5. The lowest BCUT2D eigenvalue weighted by atomic mass is 9.98. The number of nitrogens with zero attached hydrogens (tertiary/aromatic N) is 1. The van der Waals surface area contributed by atoms with E-state index < -0.39 is 27.9 Å². The second-order valence-electron chi connectivity index (χ2n) is 7.35. The molecule has 29 heavy (non-hydrogen) atoms. The molecular weight excluding hydrogens is 393 g/mol. The molecule has 0 amide bonds. The molecule has 0 N–H and O–H groups in total. The average molecular weight is 420 g/mol. The van der Waals surface area contributed by atoms with Gasteiger partial charge in [0.1, 0.15) is 11.9 Å². The van der Waals surface area contributed by atoms with Crippen molar-refractivity contribution in [1.29, 1.82) is 0 Å². The Morgan fingerprint density at radius 2 is 1.83 bits per heavy atom. The number of carbonyl (C=O) groups excluding carboxylic acids is 1. The second kappa shape index (κ2) is 9.50. The van der Waals surface area contributed by atoms with Crippen molar-refractivity contribution in [2.24, 2.45) is 0 Å². The maximum atomic E-state index is 13.2. The van der Waals surface area contributed by atoms with Gasteiger partial charge in [-0.15, -0.1) is 0 Å². The molecule has 1 saturated heterocycles. The van der Waals surface area contributed by atoms with Crippen LogP contribution in [0.5, 0.6) is 0 Å². The molecule has 2 atom stereocenters. The summed E-state index contributed by atoms with van der Waals surface area (Å²) in [5, 5.41) is 0. The summed E-state index contributed by atoms with van der Waals surface area (Å²) in [5.74, 6) is -0.795. The Balaban J connectivity index is 1.64. The van der Waals surface area contributed by atoms with Crippen LogP contribution in [0.15, 0.2) is 59.5 Å². The average Bonchev–Trinajstić information content (AvgIpc) is 2.74. The lowest BCUT2D eigenvalue weighted by Crippen LogP contribution is -2.48. The van der Waals surface area contributed by atoms with Gasteiger partial charge < -0.3 is 4.74 Å². The summed E-state index contributed by atoms with van der Waals surface area (Å²) in [7, 11) is -3.89. The van der Waals surface area contributed by atoms with Crippen LogP contribution in [0.3, 0.4) is 0 Å². The van der Waals surface area contributed by atoms with E-state index in [-0.39, 0.29) is 24.0 Å². The molecule has 0 bridgehead atoms. The van der Waals surface area contributed by atoms with Gasteiger partial charge in [-0.25, -0.2) is 12.8 Å². The van der Waals surface area contributed by atoms with Gasteiger partial charge in [-0.3, -0.25) is 4.79 Å². The van der Waals surface area contributed by atoms with Gasteiger partial charge in [0.25, 0.3) is 0 Å². The topological polar surface area (TPSA) is 63.7 Å². The van der Waals surface area contributed by atoms with E-state index in [4.69, 9.17) is 4.74 Å². The first-order valence-electron chi connectivity index (χ1n) is 9.88. The first-order chi connectivity index (χ1) is 13.9. The van der Waals surface area contributed by atoms with Crippen molar-refractivity contribution >= 4 is 16.0 Å². The Labute approximate surface area is 171 Å². The zero-order chi connectivity index (χ0) is 20.9. The van der Waals surface area contributed by atoms with E-state index in [2.05, 4.69) is 6.92 Å². The molecule has 0 aromatic heterocycles. The summed E-state index contributed by atoms with van der Waals surface area (Å²) in [4.78, 5) is 12.7. The highest BCUT2D eigenvalue weighted by atomic mass is 32.2. The van der Waals surface area contributed by atoms with Gasteiger partial charge in [-0.05, 0) is 61.4 Å². The van der Waals surface area contributed by atoms with Crippen molar-refractivity contribution in [2.75, 3.05) is 13.2 Å². The fourth-order valence-corrected chi connectivity index (χ4v) is 5.20. The molecule has 0 spiro atoms. The quantitative estimate of drug-likeness (QED) is 0.634. The summed E-state index contributed by atoms with van der Waals surface area (Å²) in [6.07, 6.45) is 2.52. The molecule has 0 saturated carbocycles. The lowest BCUT2D eigenvalue weighted by molar-refractivity contribution is -0.149. The maximum Gasteiger partial charge on any atom is 0.324 e. The zero-order valence-electron chi connectivity index (χ0n) is 16.5. The highest BCUT2D eigenvalue weighted by molar-refractivity contribution is 7.89. The second-order valence-corrected chi connectivity index (χ2v) is 9.24. The summed E-state index contributed by atoms with van der Waals surface area (Å²) in [6.45, 7) is 2.55. The van der Waals surface area contributed by atoms with E-state index in [1.165, 1.54) is 22.0 Å². The van der Waals surface area contributed by atoms with Crippen LogP contribution in [0.2, 0.25) is 0 Å². The largest absolute Gasteiger partial charge is 0.464 e. The Morgan fingerprint density at radius 3 is 2.52 bits per heavy atom. The maximum absolute atomic E-state index is 13.2. The predicted octanol–water partition coefficient (Wildman–Crippen LogP) is 4.11. The molecule has 3 rings (SSSR count). The standard InChI is InChI=1S/C22H26FNO4S/c1-17(18-7-3-2-4-8-18)14-16-28-22(25)21-9-5-6-15-24(21)29(26,27)20-12-10-19(23)11-13-20/h2-4,7-8,10-13,17,21H,5-6,9,14-16H2,1H3. The minimum Gasteiger partial charge on any atom is -0.464 e. The summed E-state index contributed by atoms with van der Waals surface area (Å²) < 4.78 is 45.8. The van der Waals surface area contributed by atoms with Gasteiger partial charge in [-0.2, -0.15) is 4.31 Å². The number of piperidine rings is 1. The molecule has 0 aliphatic carbocycles. The van der Waals surface area contributed by atoms with Crippen LogP contribution < -0.4 is 0 Å². The molecule has 2 aromatic rings. The third-order valence-corrected chi connectivity index (χ3v) is 7.23. The smallest absolute Gasteiger partial charge is 0.324 e. The Bertz CT molecular complexity index is 916. The third kappa shape index (κ3) is 5.22. The van der Waals surface area contributed by atoms with Crippen molar-refractivity contribution < 1.29 is 22.3 Å². The van der Waals surface area contributed by atoms with Crippen LogP contribution in [0, 0.1) is 5.82 Å². The van der Waals surface area contributed by atoms with Crippen LogP contribution >= 0.6 is 0 Å². The van der Waals surface area contributed by atoms with Gasteiger partial charge >= 0.3 is 5.97 Å². The van der Waals surface area contributed by atoms with Gasteiger partial charge in [0, 0.05) is 6.54 Å². The van der Waals surface area contributed by atoms with Crippen molar-refractivity contribution in [3.05, 3.63) is 66.0 Å². The monoisotopic (exact) mass is 419 g/mol. The molecule has 5 nitrogen and oxygen atoms in total. The minimum atomic E-state index is -3.89. The number of halogens is 1. The van der Waals surface area contributed by atoms with Crippen LogP contribution in [0.25, 0.3) is 0 Å². The van der Waals surface area contributed by atoms with Gasteiger partial charge in [0.05, 0.1) is 11.5 Å². The van der Waals surface area contributed by atoms with E-state index in [1.807, 2.05) is 30.3 Å². The number of hydrogen-bond donors (Lipinski definition) is 0. The summed E-state index contributed by atoms with van der Waals surface area (Å²) in [5.41, 5.74) is 1.17. The SMILES string of the molecule is CC(CCOC(=O)C1CCCCN1S(=O)(=O)c1ccc(F)cc1)c1ccccc1. The van der Waals surface area contributed by atoms with E-state index in [1.54, 1.807) is 0 Å². The van der Waals surface area contributed by atoms with Crippen LogP contribution in [-0.2, 0) is 19.6 Å². The molecule has 1 fully saturated rings. The number of carbonyl (C=O) groups is 1. The molecular formula is C22H26FNO4S. The van der Waals surface area contributed by atoms with Gasteiger partial charge in [0.15, 0.2) is 0 Å². The summed E-state index contributed by atoms with van der Waals surface area (Å²) >= 11 is 0. The van der Waals surface area contributed by atoms with Gasteiger partial charge in [-0.1, -0.05) is 37.3 Å². The third-order valence-electron chi connectivity index (χ3n) is 5.31. The van der Waals surface area contributed by atoms with E-state index >= 15 is 0 Å². The molecule has 156 valence electrons. The van der Waals surface area contributed by atoms with E-state index in [0.717, 1.165) is 18.6 Å². The van der Waals surface area contributed by atoms with E-state index in [9.17, 15) is 17.6 Å². The zero-order valence-corrected chi connectivity index (χ0v) is 17.3. The Morgan fingerprint density at radius 1 is 1.14 bits per heavy atom. The molecule has 1 heterocycles. The molecule has 2 unspecified atom stereocenters. The van der Waals surface area contributed by atoms with Crippen LogP contribution in [0.1, 0.15) is 44.1 Å². The minimum absolute atomic E-state index is 0.0173. The van der Waals surface area contributed by atoms with Crippen molar-refractivity contribution in [3.63, 3.8) is 0 Å². The van der Waals surface area contributed by atoms with Crippen LogP contribution in [0.4, 0.5) is 4.39 Å². The Hall–Kier alpha value is -2.25. The predicted molar refractivity (Wildman–Crippen MR) is 108 cm³/mol. The number of rotatable bonds is 7. The van der Waals surface area contributed by atoms with E-state index in [0.29, 0.717) is 19.3 Å². The lowest BCUT2D eigenvalue weighted by Gasteiger charge is -2.33. The van der Waals surface area contributed by atoms with Gasteiger partial charge in [0.2, 0.25) is 10.0 Å². The van der Waals surface area contributed by atoms with Crippen molar-refractivity contribution in [3.8, 4) is 0 Å². The fourth-order valence-electron chi connectivity index (χ4n) is 3.55. The molecule has 7 heteroatoms. The molecule has 1 aliphatic heterocycles. The Kier molecular flexibility index (Phi) is 7.03. The molecule has 0 radical (unpaired) electrons.